The summed E-state index contributed by atoms with van der Waals surface area (Å²) in [5.41, 5.74) is 2.19. The Morgan fingerprint density at radius 1 is 1.05 bits per heavy atom. The molecule has 1 saturated heterocycles. The first-order valence-electron chi connectivity index (χ1n) is 12.5. The molecular formula is C28H28N2O7. The average Bonchev–Trinajstić information content (AvgIpc) is 3.31. The number of benzene rings is 2. The number of likely N-dealkylation sites (tertiary alicyclic amines) is 1. The summed E-state index contributed by atoms with van der Waals surface area (Å²) in [7, 11) is 0. The summed E-state index contributed by atoms with van der Waals surface area (Å²) in [5, 5.41) is 4.66. The monoisotopic (exact) mass is 504 g/mol. The Bertz CT molecular complexity index is 1340. The maximum absolute atomic E-state index is 12.3. The Morgan fingerprint density at radius 2 is 1.76 bits per heavy atom. The number of aryl methyl sites for hydroxylation is 1. The van der Waals surface area contributed by atoms with Crippen LogP contribution in [0.5, 0.6) is 17.2 Å². The van der Waals surface area contributed by atoms with Crippen LogP contribution in [0, 0.1) is 5.92 Å². The molecule has 0 unspecified atom stereocenters. The van der Waals surface area contributed by atoms with Gasteiger partial charge in [0.2, 0.25) is 5.75 Å². The first-order valence-corrected chi connectivity index (χ1v) is 12.5. The molecule has 0 aliphatic carbocycles. The molecule has 2 aliphatic rings. The van der Waals surface area contributed by atoms with Crippen molar-refractivity contribution in [3.05, 3.63) is 59.8 Å². The van der Waals surface area contributed by atoms with E-state index < -0.39 is 17.9 Å². The molecule has 0 N–H and O–H groups in total. The van der Waals surface area contributed by atoms with Crippen molar-refractivity contribution in [2.45, 2.75) is 45.6 Å². The Hall–Kier alpha value is -3.98. The number of carbonyl (C=O) groups excluding carboxylic acids is 3. The van der Waals surface area contributed by atoms with Crippen molar-refractivity contribution < 1.29 is 33.1 Å². The number of fused-ring (bicyclic) bond motifs is 3. The van der Waals surface area contributed by atoms with Gasteiger partial charge in [-0.05, 0) is 50.3 Å². The number of carbonyl (C=O) groups is 3. The van der Waals surface area contributed by atoms with E-state index in [2.05, 4.69) is 34.3 Å². The smallest absolute Gasteiger partial charge is 0.336 e. The van der Waals surface area contributed by atoms with Gasteiger partial charge in [0, 0.05) is 31.2 Å². The Balaban J connectivity index is 1.34. The Morgan fingerprint density at radius 3 is 2.46 bits per heavy atom. The maximum Gasteiger partial charge on any atom is 0.336 e. The summed E-state index contributed by atoms with van der Waals surface area (Å²) in [6, 6.07) is 11.9. The number of hydrogen-bond donors (Lipinski definition) is 0. The number of hydrogen-bond acceptors (Lipinski definition) is 9. The molecule has 0 amide bonds. The molecule has 2 aromatic carbocycles. The molecule has 3 heterocycles. The van der Waals surface area contributed by atoms with Gasteiger partial charge < -0.3 is 18.7 Å². The topological polar surface area (TPSA) is 108 Å². The van der Waals surface area contributed by atoms with E-state index >= 15 is 0 Å². The molecule has 37 heavy (non-hydrogen) atoms. The van der Waals surface area contributed by atoms with Crippen LogP contribution in [0.4, 0.5) is 0 Å². The Labute approximate surface area is 213 Å². The van der Waals surface area contributed by atoms with Crippen LogP contribution in [0.2, 0.25) is 0 Å². The molecule has 9 nitrogen and oxygen atoms in total. The van der Waals surface area contributed by atoms with E-state index in [0.29, 0.717) is 23.4 Å². The van der Waals surface area contributed by atoms with Gasteiger partial charge >= 0.3 is 17.9 Å². The third-order valence-corrected chi connectivity index (χ3v) is 6.73. The first kappa shape index (κ1) is 24.7. The zero-order valence-electron chi connectivity index (χ0n) is 20.6. The van der Waals surface area contributed by atoms with Gasteiger partial charge in [-0.25, -0.2) is 9.59 Å². The van der Waals surface area contributed by atoms with Crippen molar-refractivity contribution in [3.8, 4) is 17.2 Å². The summed E-state index contributed by atoms with van der Waals surface area (Å²) in [6.07, 6.45) is 5.68. The second kappa shape index (κ2) is 11.0. The lowest BCUT2D eigenvalue weighted by Gasteiger charge is -2.32. The first-order chi connectivity index (χ1) is 18.0. The lowest BCUT2D eigenvalue weighted by molar-refractivity contribution is -0.135. The van der Waals surface area contributed by atoms with E-state index in [0.717, 1.165) is 51.0 Å². The number of nitrogens with zero attached hydrogens (tertiary/aromatic N) is 2. The number of ether oxygens (including phenoxy) is 3. The maximum atomic E-state index is 12.3. The minimum Gasteiger partial charge on any atom is -0.422 e. The van der Waals surface area contributed by atoms with Crippen LogP contribution in [-0.2, 0) is 27.3 Å². The van der Waals surface area contributed by atoms with E-state index in [1.807, 2.05) is 6.07 Å². The van der Waals surface area contributed by atoms with Gasteiger partial charge in [-0.3, -0.25) is 9.69 Å². The lowest BCUT2D eigenvalue weighted by Crippen LogP contribution is -2.33. The fourth-order valence-corrected chi connectivity index (χ4v) is 4.75. The molecule has 3 aromatic rings. The van der Waals surface area contributed by atoms with E-state index in [1.165, 1.54) is 11.6 Å². The lowest BCUT2D eigenvalue weighted by atomic mass is 9.91. The molecule has 0 saturated carbocycles. The van der Waals surface area contributed by atoms with Crippen LogP contribution in [-0.4, -0.2) is 41.1 Å². The van der Waals surface area contributed by atoms with Crippen LogP contribution in [0.1, 0.15) is 43.9 Å². The quantitative estimate of drug-likeness (QED) is 0.342. The second-order valence-electron chi connectivity index (χ2n) is 9.28. The van der Waals surface area contributed by atoms with Crippen LogP contribution in [0.15, 0.2) is 53.1 Å². The van der Waals surface area contributed by atoms with Gasteiger partial charge in [-0.15, -0.1) is 0 Å². The second-order valence-corrected chi connectivity index (χ2v) is 9.28. The highest BCUT2D eigenvalue weighted by molar-refractivity contribution is 6.01. The molecule has 9 heteroatoms. The normalized spacial score (nSPS) is 17.4. The minimum absolute atomic E-state index is 0.0342. The fraction of sp³-hybridized carbons (Fsp3) is 0.357. The van der Waals surface area contributed by atoms with Crippen molar-refractivity contribution in [2.24, 2.45) is 5.92 Å². The molecule has 0 spiro atoms. The molecule has 1 aromatic heterocycles. The van der Waals surface area contributed by atoms with Crippen LogP contribution < -0.4 is 14.2 Å². The summed E-state index contributed by atoms with van der Waals surface area (Å²) in [4.78, 5) is 38.9. The zero-order chi connectivity index (χ0) is 25.8. The molecule has 5 rings (SSSR count). The summed E-state index contributed by atoms with van der Waals surface area (Å²) >= 11 is 0. The Kier molecular flexibility index (Phi) is 7.32. The molecule has 0 bridgehead atoms. The van der Waals surface area contributed by atoms with Crippen LogP contribution >= 0.6 is 0 Å². The largest absolute Gasteiger partial charge is 0.422 e. The van der Waals surface area contributed by atoms with Crippen molar-refractivity contribution in [1.82, 2.24) is 10.1 Å². The standard InChI is InChI=1S/C28H28N2O7/c1-2-23(31)34-22-16-21-26(28-27(22)35-24(32)10-11-25(33)36-28)20(29-37-21)9-8-18-12-14-30(15-13-18)17-19-6-4-3-5-7-19/h3-7,10-11,16,18H,2,8-9,12-15,17H2,1H3/b11-10+. The van der Waals surface area contributed by atoms with Gasteiger partial charge in [-0.1, -0.05) is 42.4 Å². The van der Waals surface area contributed by atoms with Crippen molar-refractivity contribution >= 4 is 28.9 Å². The van der Waals surface area contributed by atoms with Crippen molar-refractivity contribution in [1.29, 1.82) is 0 Å². The van der Waals surface area contributed by atoms with Gasteiger partial charge in [0.15, 0.2) is 17.1 Å². The van der Waals surface area contributed by atoms with Gasteiger partial charge in [-0.2, -0.15) is 0 Å². The van der Waals surface area contributed by atoms with E-state index in [9.17, 15) is 14.4 Å². The highest BCUT2D eigenvalue weighted by Crippen LogP contribution is 2.46. The summed E-state index contributed by atoms with van der Waals surface area (Å²) < 4.78 is 21.8. The van der Waals surface area contributed by atoms with E-state index in [4.69, 9.17) is 18.7 Å². The number of rotatable bonds is 7. The highest BCUT2D eigenvalue weighted by atomic mass is 16.6. The molecule has 192 valence electrons. The predicted molar refractivity (Wildman–Crippen MR) is 133 cm³/mol. The van der Waals surface area contributed by atoms with E-state index in [1.54, 1.807) is 6.92 Å². The van der Waals surface area contributed by atoms with Gasteiger partial charge in [0.05, 0.1) is 11.1 Å². The van der Waals surface area contributed by atoms with Gasteiger partial charge in [0.1, 0.15) is 0 Å². The number of esters is 3. The third kappa shape index (κ3) is 5.72. The molecule has 0 atom stereocenters. The zero-order valence-corrected chi connectivity index (χ0v) is 20.6. The molecule has 2 aliphatic heterocycles. The number of aromatic nitrogens is 1. The van der Waals surface area contributed by atoms with Crippen molar-refractivity contribution in [2.75, 3.05) is 13.1 Å². The third-order valence-electron chi connectivity index (χ3n) is 6.73. The van der Waals surface area contributed by atoms with E-state index in [-0.39, 0.29) is 29.3 Å². The van der Waals surface area contributed by atoms with Crippen LogP contribution in [0.3, 0.4) is 0 Å². The predicted octanol–water partition coefficient (Wildman–Crippen LogP) is 4.37. The van der Waals surface area contributed by atoms with Crippen LogP contribution in [0.25, 0.3) is 11.0 Å². The van der Waals surface area contributed by atoms with Gasteiger partial charge in [0.25, 0.3) is 0 Å². The molecular weight excluding hydrogens is 476 g/mol. The summed E-state index contributed by atoms with van der Waals surface area (Å²) in [6.45, 7) is 4.65. The SMILES string of the molecule is CCC(=O)Oc1cc2onc(CCC3CCN(Cc4ccccc4)CC3)c2c2c1OC(=O)/C=C/C(=O)O2. The highest BCUT2D eigenvalue weighted by Gasteiger charge is 2.29. The minimum atomic E-state index is -0.786. The molecule has 1 fully saturated rings. The summed E-state index contributed by atoms with van der Waals surface area (Å²) in [5.74, 6) is -1.81. The average molecular weight is 505 g/mol. The number of piperidine rings is 1. The van der Waals surface area contributed by atoms with Crippen molar-refractivity contribution in [3.63, 3.8) is 0 Å². The fourth-order valence-electron chi connectivity index (χ4n) is 4.75. The molecule has 0 radical (unpaired) electrons.